The molecule has 0 saturated heterocycles. The summed E-state index contributed by atoms with van der Waals surface area (Å²) in [5, 5.41) is -0.546. The van der Waals surface area contributed by atoms with Crippen LogP contribution < -0.4 is 0 Å². The van der Waals surface area contributed by atoms with E-state index in [1.165, 1.54) is 0 Å². The Kier molecular flexibility index (Phi) is 4.87. The molecule has 0 aliphatic heterocycles. The zero-order valence-electron chi connectivity index (χ0n) is 13.5. The van der Waals surface area contributed by atoms with Gasteiger partial charge in [-0.05, 0) is 51.0 Å². The van der Waals surface area contributed by atoms with Gasteiger partial charge in [0.1, 0.15) is 0 Å². The van der Waals surface area contributed by atoms with Crippen LogP contribution in [0.3, 0.4) is 0 Å². The van der Waals surface area contributed by atoms with E-state index < -0.39 is 15.1 Å². The maximum Gasteiger partial charge on any atom is 0.184 e. The summed E-state index contributed by atoms with van der Waals surface area (Å²) in [6.45, 7) is 7.59. The Bertz CT molecular complexity index is 770. The fourth-order valence-electron chi connectivity index (χ4n) is 2.39. The molecule has 2 nitrogen and oxygen atoms in total. The Labute approximate surface area is 133 Å². The van der Waals surface area contributed by atoms with Gasteiger partial charge in [0, 0.05) is 0 Å². The number of hydrogen-bond donors (Lipinski definition) is 0. The molecule has 0 amide bonds. The first-order chi connectivity index (χ1) is 10.3. The van der Waals surface area contributed by atoms with Crippen LogP contribution in [-0.2, 0) is 9.84 Å². The molecule has 0 heterocycles. The molecular formula is C19H22O2S. The van der Waals surface area contributed by atoms with Crippen molar-refractivity contribution in [2.24, 2.45) is 0 Å². The van der Waals surface area contributed by atoms with Crippen molar-refractivity contribution in [1.82, 2.24) is 0 Å². The monoisotopic (exact) mass is 314 g/mol. The van der Waals surface area contributed by atoms with Gasteiger partial charge in [-0.1, -0.05) is 53.6 Å². The first kappa shape index (κ1) is 16.5. The summed E-state index contributed by atoms with van der Waals surface area (Å²) in [5.74, 6) is 0. The van der Waals surface area contributed by atoms with Crippen LogP contribution in [0.5, 0.6) is 0 Å². The minimum atomic E-state index is -3.37. The second-order valence-corrected chi connectivity index (χ2v) is 7.94. The summed E-state index contributed by atoms with van der Waals surface area (Å²) in [5.41, 5.74) is 4.01. The van der Waals surface area contributed by atoms with E-state index in [2.05, 4.69) is 0 Å². The molecule has 0 aliphatic carbocycles. The van der Waals surface area contributed by atoms with Crippen molar-refractivity contribution in [3.8, 4) is 0 Å². The van der Waals surface area contributed by atoms with Gasteiger partial charge in [-0.15, -0.1) is 0 Å². The zero-order chi connectivity index (χ0) is 16.3. The first-order valence-corrected chi connectivity index (χ1v) is 8.92. The average molecular weight is 314 g/mol. The molecular weight excluding hydrogens is 292 g/mol. The van der Waals surface area contributed by atoms with Gasteiger partial charge in [0.15, 0.2) is 9.84 Å². The lowest BCUT2D eigenvalue weighted by atomic mass is 10.0. The van der Waals surface area contributed by atoms with Crippen molar-refractivity contribution in [3.05, 3.63) is 71.3 Å². The third kappa shape index (κ3) is 3.30. The smallest absolute Gasteiger partial charge is 0.184 e. The van der Waals surface area contributed by atoms with E-state index in [-0.39, 0.29) is 0 Å². The Hall–Kier alpha value is -1.87. The highest BCUT2D eigenvalue weighted by Gasteiger charge is 2.25. The molecule has 116 valence electrons. The van der Waals surface area contributed by atoms with Gasteiger partial charge in [-0.25, -0.2) is 8.42 Å². The van der Waals surface area contributed by atoms with Gasteiger partial charge in [-0.2, -0.15) is 0 Å². The van der Waals surface area contributed by atoms with Gasteiger partial charge >= 0.3 is 0 Å². The molecule has 0 fully saturated rings. The van der Waals surface area contributed by atoms with Crippen LogP contribution in [0, 0.1) is 6.92 Å². The van der Waals surface area contributed by atoms with E-state index >= 15 is 0 Å². The number of sulfone groups is 1. The highest BCUT2D eigenvalue weighted by Crippen LogP contribution is 2.27. The summed E-state index contributed by atoms with van der Waals surface area (Å²) in [6, 6.07) is 16.9. The second kappa shape index (κ2) is 6.49. The molecule has 0 N–H and O–H groups in total. The van der Waals surface area contributed by atoms with Gasteiger partial charge in [-0.3, -0.25) is 0 Å². The molecule has 2 aromatic carbocycles. The van der Waals surface area contributed by atoms with E-state index in [1.54, 1.807) is 19.1 Å². The van der Waals surface area contributed by atoms with Crippen LogP contribution in [0.2, 0.25) is 0 Å². The molecule has 0 aliphatic rings. The standard InChI is InChI=1S/C19H22O2S/c1-14-10-12-19(13-11-14)22(20,21)17(4)15(2)16(3)18-8-6-5-7-9-18/h5-13,17H,1-4H3/b16-15+/t17-/m0/s1. The van der Waals surface area contributed by atoms with E-state index in [4.69, 9.17) is 0 Å². The van der Waals surface area contributed by atoms with Crippen molar-refractivity contribution < 1.29 is 8.42 Å². The third-order valence-electron chi connectivity index (χ3n) is 4.22. The van der Waals surface area contributed by atoms with Crippen LogP contribution in [0.4, 0.5) is 0 Å². The fourth-order valence-corrected chi connectivity index (χ4v) is 3.95. The second-order valence-electron chi connectivity index (χ2n) is 5.67. The quantitative estimate of drug-likeness (QED) is 0.823. The molecule has 1 atom stereocenters. The van der Waals surface area contributed by atoms with Crippen molar-refractivity contribution in [2.45, 2.75) is 37.8 Å². The minimum Gasteiger partial charge on any atom is -0.223 e. The molecule has 22 heavy (non-hydrogen) atoms. The Balaban J connectivity index is 2.41. The first-order valence-electron chi connectivity index (χ1n) is 7.37. The highest BCUT2D eigenvalue weighted by atomic mass is 32.2. The maximum atomic E-state index is 12.8. The van der Waals surface area contributed by atoms with E-state index in [1.807, 2.05) is 63.2 Å². The summed E-state index contributed by atoms with van der Waals surface area (Å²) < 4.78 is 25.6. The van der Waals surface area contributed by atoms with Gasteiger partial charge < -0.3 is 0 Å². The lowest BCUT2D eigenvalue weighted by molar-refractivity contribution is 0.589. The minimum absolute atomic E-state index is 0.380. The molecule has 0 radical (unpaired) electrons. The molecule has 2 aromatic rings. The Morgan fingerprint density at radius 3 is 2.00 bits per heavy atom. The predicted octanol–water partition coefficient (Wildman–Crippen LogP) is 4.65. The average Bonchev–Trinajstić information content (AvgIpc) is 2.54. The molecule has 2 rings (SSSR count). The van der Waals surface area contributed by atoms with Gasteiger partial charge in [0.05, 0.1) is 10.1 Å². The van der Waals surface area contributed by atoms with Crippen LogP contribution in [0.25, 0.3) is 5.57 Å². The predicted molar refractivity (Wildman–Crippen MR) is 92.5 cm³/mol. The topological polar surface area (TPSA) is 34.1 Å². The summed E-state index contributed by atoms with van der Waals surface area (Å²) in [7, 11) is -3.37. The van der Waals surface area contributed by atoms with Crippen LogP contribution in [-0.4, -0.2) is 13.7 Å². The lowest BCUT2D eigenvalue weighted by Crippen LogP contribution is -2.20. The van der Waals surface area contributed by atoms with Crippen LogP contribution >= 0.6 is 0 Å². The van der Waals surface area contributed by atoms with Crippen molar-refractivity contribution in [3.63, 3.8) is 0 Å². The van der Waals surface area contributed by atoms with Crippen molar-refractivity contribution >= 4 is 15.4 Å². The van der Waals surface area contributed by atoms with Crippen molar-refractivity contribution in [1.29, 1.82) is 0 Å². The van der Waals surface area contributed by atoms with E-state index in [0.717, 1.165) is 22.3 Å². The van der Waals surface area contributed by atoms with Gasteiger partial charge in [0.2, 0.25) is 0 Å². The fraction of sp³-hybridized carbons (Fsp3) is 0.263. The largest absolute Gasteiger partial charge is 0.223 e. The molecule has 0 aromatic heterocycles. The van der Waals surface area contributed by atoms with Crippen LogP contribution in [0.15, 0.2) is 65.1 Å². The molecule has 3 heteroatoms. The number of allylic oxidation sites excluding steroid dienone is 1. The summed E-state index contributed by atoms with van der Waals surface area (Å²) in [6.07, 6.45) is 0. The Morgan fingerprint density at radius 1 is 0.909 bits per heavy atom. The molecule has 0 unspecified atom stereocenters. The maximum absolute atomic E-state index is 12.8. The van der Waals surface area contributed by atoms with E-state index in [0.29, 0.717) is 4.90 Å². The van der Waals surface area contributed by atoms with Crippen molar-refractivity contribution in [2.75, 3.05) is 0 Å². The van der Waals surface area contributed by atoms with E-state index in [9.17, 15) is 8.42 Å². The summed E-state index contributed by atoms with van der Waals surface area (Å²) in [4.78, 5) is 0.380. The highest BCUT2D eigenvalue weighted by molar-refractivity contribution is 7.92. The molecule has 0 saturated carbocycles. The third-order valence-corrected chi connectivity index (χ3v) is 6.44. The number of hydrogen-bond acceptors (Lipinski definition) is 2. The Morgan fingerprint density at radius 2 is 1.45 bits per heavy atom. The molecule has 0 spiro atoms. The molecule has 0 bridgehead atoms. The normalized spacial score (nSPS) is 14.4. The number of benzene rings is 2. The lowest BCUT2D eigenvalue weighted by Gasteiger charge is -2.17. The number of rotatable bonds is 4. The summed E-state index contributed by atoms with van der Waals surface area (Å²) >= 11 is 0. The van der Waals surface area contributed by atoms with Crippen LogP contribution in [0.1, 0.15) is 31.9 Å². The SMILES string of the molecule is C/C(=C(/C)[C@H](C)S(=O)(=O)c1ccc(C)cc1)c1ccccc1. The zero-order valence-corrected chi connectivity index (χ0v) is 14.3. The van der Waals surface area contributed by atoms with Gasteiger partial charge in [0.25, 0.3) is 0 Å². The number of aryl methyl sites for hydroxylation is 1.